The molecule has 1 saturated carbocycles. The van der Waals surface area contributed by atoms with Crippen molar-refractivity contribution in [3.05, 3.63) is 65.2 Å². The Kier molecular flexibility index (Phi) is 7.67. The molecule has 170 valence electrons. The molecular formula is C26H31NO5. The van der Waals surface area contributed by atoms with Crippen LogP contribution in [-0.4, -0.2) is 30.4 Å². The monoisotopic (exact) mass is 437 g/mol. The fourth-order valence-corrected chi connectivity index (χ4v) is 4.29. The first kappa shape index (κ1) is 23.5. The largest absolute Gasteiger partial charge is 0.458 e. The summed E-state index contributed by atoms with van der Waals surface area (Å²) in [6.07, 6.45) is 2.78. The Morgan fingerprint density at radius 3 is 2.34 bits per heavy atom. The van der Waals surface area contributed by atoms with Gasteiger partial charge in [-0.25, -0.2) is 9.59 Å². The van der Waals surface area contributed by atoms with Crippen molar-refractivity contribution < 1.29 is 23.9 Å². The maximum atomic E-state index is 13.0. The van der Waals surface area contributed by atoms with Gasteiger partial charge in [-0.2, -0.15) is 0 Å². The molecule has 1 aliphatic rings. The van der Waals surface area contributed by atoms with E-state index in [0.29, 0.717) is 29.0 Å². The summed E-state index contributed by atoms with van der Waals surface area (Å²) in [5.74, 6) is -0.469. The Morgan fingerprint density at radius 2 is 1.69 bits per heavy atom. The summed E-state index contributed by atoms with van der Waals surface area (Å²) in [6.45, 7) is 6.01. The topological polar surface area (TPSA) is 95.7 Å². The highest BCUT2D eigenvalue weighted by Gasteiger charge is 2.34. The van der Waals surface area contributed by atoms with Crippen molar-refractivity contribution in [1.29, 1.82) is 0 Å². The van der Waals surface area contributed by atoms with E-state index in [1.165, 1.54) is 12.1 Å². The summed E-state index contributed by atoms with van der Waals surface area (Å²) < 4.78 is 11.1. The Bertz CT molecular complexity index is 984. The zero-order valence-corrected chi connectivity index (χ0v) is 18.9. The highest BCUT2D eigenvalue weighted by atomic mass is 16.5. The molecular weight excluding hydrogens is 406 g/mol. The van der Waals surface area contributed by atoms with E-state index in [2.05, 4.69) is 20.8 Å². The number of rotatable bonds is 7. The van der Waals surface area contributed by atoms with Crippen LogP contribution in [0.15, 0.2) is 48.5 Å². The van der Waals surface area contributed by atoms with Crippen LogP contribution in [-0.2, 0) is 9.47 Å². The quantitative estimate of drug-likeness (QED) is 0.375. The van der Waals surface area contributed by atoms with E-state index in [0.717, 1.165) is 19.3 Å². The molecule has 2 N–H and O–H groups in total. The lowest BCUT2D eigenvalue weighted by atomic mass is 9.75. The lowest BCUT2D eigenvalue weighted by Gasteiger charge is -2.36. The molecule has 1 fully saturated rings. The van der Waals surface area contributed by atoms with Gasteiger partial charge in [-0.05, 0) is 54.9 Å². The normalized spacial score (nSPS) is 20.6. The summed E-state index contributed by atoms with van der Waals surface area (Å²) >= 11 is 0. The first-order valence-corrected chi connectivity index (χ1v) is 11.1. The molecule has 6 nitrogen and oxygen atoms in total. The van der Waals surface area contributed by atoms with Crippen LogP contribution >= 0.6 is 0 Å². The van der Waals surface area contributed by atoms with Crippen LogP contribution in [0, 0.1) is 17.8 Å². The molecule has 2 aromatic carbocycles. The van der Waals surface area contributed by atoms with Gasteiger partial charge in [-0.1, -0.05) is 51.5 Å². The van der Waals surface area contributed by atoms with Gasteiger partial charge in [0.25, 0.3) is 0 Å². The van der Waals surface area contributed by atoms with Gasteiger partial charge in [0.15, 0.2) is 12.4 Å². The maximum absolute atomic E-state index is 13.0. The second kappa shape index (κ2) is 10.4. The summed E-state index contributed by atoms with van der Waals surface area (Å²) in [5.41, 5.74) is 6.74. The number of esters is 2. The van der Waals surface area contributed by atoms with E-state index < -0.39 is 18.5 Å². The third kappa shape index (κ3) is 5.75. The second-order valence-electron chi connectivity index (χ2n) is 8.94. The molecule has 32 heavy (non-hydrogen) atoms. The van der Waals surface area contributed by atoms with Crippen LogP contribution in [0.4, 0.5) is 5.69 Å². The van der Waals surface area contributed by atoms with Gasteiger partial charge in [0.1, 0.15) is 6.10 Å². The minimum absolute atomic E-state index is 0.0860. The molecule has 2 aromatic rings. The van der Waals surface area contributed by atoms with Crippen molar-refractivity contribution in [2.75, 3.05) is 12.3 Å². The minimum atomic E-state index is -0.743. The van der Waals surface area contributed by atoms with Crippen LogP contribution in [0.5, 0.6) is 0 Å². The number of Topliss-reactive ketones (excluding diaryl/α,β-unsaturated/α-hetero) is 1. The molecule has 0 amide bonds. The number of ether oxygens (including phenoxy) is 2. The summed E-state index contributed by atoms with van der Waals surface area (Å²) in [5, 5.41) is 0. The fourth-order valence-electron chi connectivity index (χ4n) is 4.29. The van der Waals surface area contributed by atoms with Crippen molar-refractivity contribution >= 4 is 23.4 Å². The number of anilines is 1. The molecule has 0 aromatic heterocycles. The molecule has 0 bridgehead atoms. The van der Waals surface area contributed by atoms with Crippen LogP contribution < -0.4 is 5.73 Å². The number of nitrogens with two attached hydrogens (primary N) is 1. The van der Waals surface area contributed by atoms with Crippen molar-refractivity contribution in [3.63, 3.8) is 0 Å². The maximum Gasteiger partial charge on any atom is 0.339 e. The number of benzene rings is 2. The zero-order chi connectivity index (χ0) is 23.3. The average molecular weight is 438 g/mol. The summed E-state index contributed by atoms with van der Waals surface area (Å²) in [6, 6.07) is 12.8. The van der Waals surface area contributed by atoms with Gasteiger partial charge in [0, 0.05) is 11.3 Å². The van der Waals surface area contributed by atoms with Crippen molar-refractivity contribution in [2.24, 2.45) is 17.8 Å². The molecule has 3 rings (SSSR count). The van der Waals surface area contributed by atoms with E-state index in [-0.39, 0.29) is 23.0 Å². The Hall–Kier alpha value is -3.15. The molecule has 0 aliphatic heterocycles. The number of hydrogen-bond acceptors (Lipinski definition) is 6. The van der Waals surface area contributed by atoms with Crippen molar-refractivity contribution in [1.82, 2.24) is 0 Å². The standard InChI is InChI=1S/C26H31NO5/c1-16(2)20-12-11-17(3)13-24(20)32-26(30)22-10-5-4-9-21(22)25(29)31-15-23(28)18-7-6-8-19(27)14-18/h4-10,14,16-17,20,24H,11-13,15,27H2,1-3H3. The first-order valence-electron chi connectivity index (χ1n) is 11.1. The molecule has 0 spiro atoms. The molecule has 3 atom stereocenters. The second-order valence-corrected chi connectivity index (χ2v) is 8.94. The van der Waals surface area contributed by atoms with Gasteiger partial charge in [-0.3, -0.25) is 4.79 Å². The molecule has 6 heteroatoms. The number of carbonyl (C=O) groups is 3. The third-order valence-electron chi connectivity index (χ3n) is 6.13. The molecule has 0 radical (unpaired) electrons. The van der Waals surface area contributed by atoms with E-state index in [1.54, 1.807) is 36.4 Å². The van der Waals surface area contributed by atoms with Crippen LogP contribution in [0.25, 0.3) is 0 Å². The van der Waals surface area contributed by atoms with Crippen LogP contribution in [0.1, 0.15) is 71.1 Å². The number of ketones is 1. The van der Waals surface area contributed by atoms with Crippen LogP contribution in [0.2, 0.25) is 0 Å². The van der Waals surface area contributed by atoms with Crippen molar-refractivity contribution in [3.8, 4) is 0 Å². The lowest BCUT2D eigenvalue weighted by molar-refractivity contribution is -0.0176. The third-order valence-corrected chi connectivity index (χ3v) is 6.13. The molecule has 0 saturated heterocycles. The number of nitrogen functional groups attached to an aromatic ring is 1. The first-order chi connectivity index (χ1) is 15.3. The average Bonchev–Trinajstić information content (AvgIpc) is 2.77. The highest BCUT2D eigenvalue weighted by Crippen LogP contribution is 2.35. The number of hydrogen-bond donors (Lipinski definition) is 1. The SMILES string of the molecule is CC1CCC(C(C)C)C(OC(=O)c2ccccc2C(=O)OCC(=O)c2cccc(N)c2)C1. The van der Waals surface area contributed by atoms with Gasteiger partial charge in [0.05, 0.1) is 11.1 Å². The summed E-state index contributed by atoms with van der Waals surface area (Å²) in [7, 11) is 0. The van der Waals surface area contributed by atoms with Crippen molar-refractivity contribution in [2.45, 2.75) is 46.1 Å². The summed E-state index contributed by atoms with van der Waals surface area (Å²) in [4.78, 5) is 38.0. The molecule has 1 aliphatic carbocycles. The Labute approximate surface area is 189 Å². The van der Waals surface area contributed by atoms with Gasteiger partial charge in [-0.15, -0.1) is 0 Å². The molecule has 0 heterocycles. The van der Waals surface area contributed by atoms with E-state index in [4.69, 9.17) is 15.2 Å². The predicted molar refractivity (Wildman–Crippen MR) is 122 cm³/mol. The Morgan fingerprint density at radius 1 is 1.00 bits per heavy atom. The predicted octanol–water partition coefficient (Wildman–Crippen LogP) is 4.93. The van der Waals surface area contributed by atoms with E-state index in [9.17, 15) is 14.4 Å². The van der Waals surface area contributed by atoms with E-state index >= 15 is 0 Å². The van der Waals surface area contributed by atoms with Gasteiger partial charge >= 0.3 is 11.9 Å². The minimum Gasteiger partial charge on any atom is -0.458 e. The Balaban J connectivity index is 1.69. The van der Waals surface area contributed by atoms with Gasteiger partial charge in [0.2, 0.25) is 0 Å². The highest BCUT2D eigenvalue weighted by molar-refractivity contribution is 6.04. The number of carbonyl (C=O) groups excluding carboxylic acids is 3. The van der Waals surface area contributed by atoms with Gasteiger partial charge < -0.3 is 15.2 Å². The van der Waals surface area contributed by atoms with E-state index in [1.807, 2.05) is 0 Å². The van der Waals surface area contributed by atoms with Crippen LogP contribution in [0.3, 0.4) is 0 Å². The lowest BCUT2D eigenvalue weighted by Crippen LogP contribution is -2.36. The fraction of sp³-hybridized carbons (Fsp3) is 0.423. The zero-order valence-electron chi connectivity index (χ0n) is 18.9. The smallest absolute Gasteiger partial charge is 0.339 e. The molecule has 3 unspecified atom stereocenters.